The Balaban J connectivity index is -0.0000000191. The van der Waals surface area contributed by atoms with Crippen LogP contribution in [0, 0.1) is 15.3 Å². The second-order valence-corrected chi connectivity index (χ2v) is 0.671. The molecule has 0 heterocycles. The summed E-state index contributed by atoms with van der Waals surface area (Å²) in [6.45, 7) is 0. The summed E-state index contributed by atoms with van der Waals surface area (Å²) in [6, 6.07) is 0. The van der Waals surface area contributed by atoms with Gasteiger partial charge in [0.2, 0.25) is 0 Å². The minimum atomic E-state index is -1.75. The van der Waals surface area contributed by atoms with E-state index >= 15 is 0 Å². The summed E-state index contributed by atoms with van der Waals surface area (Å²) in [4.78, 5) is 24.9. The molecule has 0 aliphatic heterocycles. The first-order valence-corrected chi connectivity index (χ1v) is 2.74. The molecule has 8 nitrogen and oxygen atoms in total. The molecule has 0 aliphatic carbocycles. The quantitative estimate of drug-likeness (QED) is 0.182. The molecule has 12 heavy (non-hydrogen) atoms. The second kappa shape index (κ2) is 39.0. The van der Waals surface area contributed by atoms with Crippen LogP contribution in [0.2, 0.25) is 0 Å². The molecule has 0 amide bonds. The molecule has 0 aromatic carbocycles. The average Bonchev–Trinajstić information content (AvgIpc) is 1.65. The number of hydrogen-bond acceptors (Lipinski definition) is 7. The SMILES string of the molecule is O=P[O-].O=P[O-].O=[N+]([O-])[O-].[Ca+2].[Na+]. The van der Waals surface area contributed by atoms with Crippen molar-refractivity contribution in [3.8, 4) is 0 Å². The molecule has 0 spiro atoms. The van der Waals surface area contributed by atoms with Gasteiger partial charge in [-0.05, 0) is 0 Å². The van der Waals surface area contributed by atoms with Crippen LogP contribution in [-0.2, 0) is 9.13 Å². The molecule has 60 valence electrons. The molecular weight excluding hydrogens is 251 g/mol. The first-order chi connectivity index (χ1) is 4.56. The van der Waals surface area contributed by atoms with Gasteiger partial charge in [0, 0.05) is 0 Å². The van der Waals surface area contributed by atoms with E-state index in [1.54, 1.807) is 0 Å². The Morgan fingerprint density at radius 2 is 1.00 bits per heavy atom. The van der Waals surface area contributed by atoms with Crippen molar-refractivity contribution in [3.63, 3.8) is 0 Å². The molecule has 0 aromatic heterocycles. The van der Waals surface area contributed by atoms with Crippen molar-refractivity contribution in [1.82, 2.24) is 0 Å². The number of hydrogen-bond donors (Lipinski definition) is 0. The summed E-state index contributed by atoms with van der Waals surface area (Å²) < 4.78 is 16.7. The molecule has 0 N–H and O–H groups in total. The monoisotopic (exact) mass is 251 g/mol. The van der Waals surface area contributed by atoms with Crippen LogP contribution in [-0.4, -0.2) is 42.8 Å². The van der Waals surface area contributed by atoms with Gasteiger partial charge < -0.3 is 25.1 Å². The maximum Gasteiger partial charge on any atom is 2.00 e. The Morgan fingerprint density at radius 1 is 1.00 bits per heavy atom. The Bertz CT molecular complexity index is 89.4. The van der Waals surface area contributed by atoms with Gasteiger partial charge in [0.25, 0.3) is 0 Å². The molecule has 0 aromatic rings. The topological polar surface area (TPSA) is 146 Å². The van der Waals surface area contributed by atoms with Crippen LogP contribution in [0.1, 0.15) is 0 Å². The summed E-state index contributed by atoms with van der Waals surface area (Å²) in [6.07, 6.45) is 0. The van der Waals surface area contributed by atoms with Crippen molar-refractivity contribution in [3.05, 3.63) is 15.3 Å². The molecule has 0 saturated heterocycles. The first kappa shape index (κ1) is 29.2. The van der Waals surface area contributed by atoms with E-state index in [0.717, 1.165) is 0 Å². The first-order valence-electron chi connectivity index (χ1n) is 1.28. The van der Waals surface area contributed by atoms with E-state index in [1.165, 1.54) is 0 Å². The van der Waals surface area contributed by atoms with Crippen molar-refractivity contribution < 1.29 is 53.6 Å². The van der Waals surface area contributed by atoms with E-state index in [4.69, 9.17) is 34.2 Å². The van der Waals surface area contributed by atoms with E-state index < -0.39 is 22.5 Å². The molecule has 0 rings (SSSR count). The van der Waals surface area contributed by atoms with Crippen LogP contribution in [0.15, 0.2) is 0 Å². The summed E-state index contributed by atoms with van der Waals surface area (Å²) in [5.41, 5.74) is 0. The Labute approximate surface area is 122 Å². The van der Waals surface area contributed by atoms with E-state index in [2.05, 4.69) is 0 Å². The molecule has 0 aliphatic rings. The number of nitrogens with zero attached hydrogens (tertiary/aromatic N) is 1. The van der Waals surface area contributed by atoms with Gasteiger partial charge in [-0.15, -0.1) is 0 Å². The zero-order chi connectivity index (χ0) is 8.99. The van der Waals surface area contributed by atoms with Gasteiger partial charge in [0.15, 0.2) is 0 Å². The van der Waals surface area contributed by atoms with Crippen molar-refractivity contribution in [2.45, 2.75) is 0 Å². The smallest absolute Gasteiger partial charge is 0.772 e. The fourth-order valence-electron chi connectivity index (χ4n) is 0. The summed E-state index contributed by atoms with van der Waals surface area (Å²) in [5.74, 6) is 0. The predicted octanol–water partition coefficient (Wildman–Crippen LogP) is -4.51. The molecule has 0 fully saturated rings. The molecular formula is CaNNaO7P2. The van der Waals surface area contributed by atoms with Crippen molar-refractivity contribution in [2.24, 2.45) is 0 Å². The van der Waals surface area contributed by atoms with Crippen LogP contribution in [0.25, 0.3) is 0 Å². The minimum Gasteiger partial charge on any atom is -0.772 e. The van der Waals surface area contributed by atoms with Crippen LogP contribution in [0.4, 0.5) is 0 Å². The maximum absolute atomic E-state index is 8.35. The Kier molecular flexibility index (Phi) is 94.8. The number of rotatable bonds is 0. The second-order valence-electron chi connectivity index (χ2n) is 0.373. The largest absolute Gasteiger partial charge is 2.00 e. The van der Waals surface area contributed by atoms with Gasteiger partial charge in [-0.1, -0.05) is 0 Å². The summed E-state index contributed by atoms with van der Waals surface area (Å²) in [7, 11) is -2.17. The normalized spacial score (nSPS) is 5.50. The molecule has 0 atom stereocenters. The van der Waals surface area contributed by atoms with E-state index in [9.17, 15) is 0 Å². The molecule has 0 bridgehead atoms. The zero-order valence-electron chi connectivity index (χ0n) is 5.91. The zero-order valence-corrected chi connectivity index (χ0v) is 11.9. The van der Waals surface area contributed by atoms with E-state index in [1.807, 2.05) is 0 Å². The fourth-order valence-corrected chi connectivity index (χ4v) is 0. The standard InChI is InChI=1S/Ca.NO3.Na.2HO2P/c;2-1(3)4;;2*1-3-2/h;;;2*(H,1,2)/q+2;-1;+1;;/p-2. The summed E-state index contributed by atoms with van der Waals surface area (Å²) in [5, 5.41) is 14.8. The van der Waals surface area contributed by atoms with Crippen molar-refractivity contribution in [2.75, 3.05) is 0 Å². The van der Waals surface area contributed by atoms with E-state index in [-0.39, 0.29) is 67.3 Å². The van der Waals surface area contributed by atoms with Crippen LogP contribution < -0.4 is 39.3 Å². The van der Waals surface area contributed by atoms with Gasteiger partial charge in [-0.3, -0.25) is 9.13 Å². The van der Waals surface area contributed by atoms with Crippen molar-refractivity contribution >= 4 is 55.1 Å². The third-order valence-corrected chi connectivity index (χ3v) is 0. The minimum absolute atomic E-state index is 0. The van der Waals surface area contributed by atoms with Gasteiger partial charge in [-0.2, -0.15) is 0 Å². The van der Waals surface area contributed by atoms with Gasteiger partial charge in [0.05, 0.1) is 22.5 Å². The fraction of sp³-hybridized carbons (Fsp3) is 0. The third kappa shape index (κ3) is 519. The maximum atomic E-state index is 8.35. The van der Waals surface area contributed by atoms with Crippen LogP contribution in [0.3, 0.4) is 0 Å². The molecule has 0 radical (unpaired) electrons. The van der Waals surface area contributed by atoms with Crippen LogP contribution in [0.5, 0.6) is 0 Å². The third-order valence-electron chi connectivity index (χ3n) is 0. The van der Waals surface area contributed by atoms with Crippen molar-refractivity contribution in [1.29, 1.82) is 0 Å². The molecule has 0 saturated carbocycles. The van der Waals surface area contributed by atoms with Gasteiger partial charge in [0.1, 0.15) is 0 Å². The van der Waals surface area contributed by atoms with Gasteiger partial charge >= 0.3 is 67.3 Å². The molecule has 0 unspecified atom stereocenters. The Morgan fingerprint density at radius 3 is 1.00 bits per heavy atom. The average molecular weight is 251 g/mol. The van der Waals surface area contributed by atoms with Crippen LogP contribution >= 0.6 is 17.4 Å². The molecule has 12 heteroatoms. The van der Waals surface area contributed by atoms with Gasteiger partial charge in [-0.25, -0.2) is 0 Å². The predicted molar refractivity (Wildman–Crippen MR) is 31.3 cm³/mol. The summed E-state index contributed by atoms with van der Waals surface area (Å²) >= 11 is 0. The Hall–Kier alpha value is 1.58. The van der Waals surface area contributed by atoms with E-state index in [0.29, 0.717) is 0 Å².